The first kappa shape index (κ1) is 15.3. The van der Waals surface area contributed by atoms with E-state index in [1.807, 2.05) is 6.07 Å². The summed E-state index contributed by atoms with van der Waals surface area (Å²) in [5, 5.41) is 3.55. The van der Waals surface area contributed by atoms with Crippen molar-refractivity contribution in [2.24, 2.45) is 11.8 Å². The monoisotopic (exact) mass is 276 g/mol. The van der Waals surface area contributed by atoms with Gasteiger partial charge in [-0.15, -0.1) is 0 Å². The molecule has 112 valence electrons. The van der Waals surface area contributed by atoms with Crippen molar-refractivity contribution < 1.29 is 4.74 Å². The molecule has 0 saturated carbocycles. The summed E-state index contributed by atoms with van der Waals surface area (Å²) in [6.07, 6.45) is 0. The second kappa shape index (κ2) is 7.65. The van der Waals surface area contributed by atoms with Gasteiger partial charge in [0.15, 0.2) is 0 Å². The minimum Gasteiger partial charge on any atom is -0.492 e. The Morgan fingerprint density at radius 1 is 1.20 bits per heavy atom. The van der Waals surface area contributed by atoms with E-state index in [4.69, 9.17) is 4.74 Å². The lowest BCUT2D eigenvalue weighted by molar-refractivity contribution is 0.201. The number of para-hydroxylation sites is 1. The SMILES string of the molecule is CC(C)CNCC(C)CN1CCOc2ccccc2C1. The van der Waals surface area contributed by atoms with Gasteiger partial charge in [0.1, 0.15) is 12.4 Å². The molecule has 0 spiro atoms. The predicted octanol–water partition coefficient (Wildman–Crippen LogP) is 2.76. The van der Waals surface area contributed by atoms with Gasteiger partial charge in [-0.1, -0.05) is 39.0 Å². The van der Waals surface area contributed by atoms with E-state index in [0.717, 1.165) is 51.0 Å². The topological polar surface area (TPSA) is 24.5 Å². The van der Waals surface area contributed by atoms with Crippen LogP contribution in [0.1, 0.15) is 26.3 Å². The van der Waals surface area contributed by atoms with Crippen LogP contribution in [0.5, 0.6) is 5.75 Å². The van der Waals surface area contributed by atoms with Crippen LogP contribution >= 0.6 is 0 Å². The van der Waals surface area contributed by atoms with Gasteiger partial charge in [0.25, 0.3) is 0 Å². The van der Waals surface area contributed by atoms with E-state index in [-0.39, 0.29) is 0 Å². The smallest absolute Gasteiger partial charge is 0.123 e. The second-order valence-electron chi connectivity index (χ2n) is 6.35. The molecule has 1 aliphatic rings. The first-order chi connectivity index (χ1) is 9.65. The molecule has 0 amide bonds. The molecular formula is C17H28N2O. The van der Waals surface area contributed by atoms with Crippen molar-refractivity contribution in [2.75, 3.05) is 32.8 Å². The van der Waals surface area contributed by atoms with Crippen LogP contribution < -0.4 is 10.1 Å². The Hall–Kier alpha value is -1.06. The fourth-order valence-electron chi connectivity index (χ4n) is 2.66. The van der Waals surface area contributed by atoms with Crippen molar-refractivity contribution in [3.05, 3.63) is 29.8 Å². The lowest BCUT2D eigenvalue weighted by Crippen LogP contribution is -2.35. The maximum Gasteiger partial charge on any atom is 0.123 e. The summed E-state index contributed by atoms with van der Waals surface area (Å²) >= 11 is 0. The molecule has 20 heavy (non-hydrogen) atoms. The van der Waals surface area contributed by atoms with Gasteiger partial charge in [-0.3, -0.25) is 4.90 Å². The van der Waals surface area contributed by atoms with Gasteiger partial charge in [-0.2, -0.15) is 0 Å². The minimum atomic E-state index is 0.666. The maximum atomic E-state index is 5.82. The van der Waals surface area contributed by atoms with Crippen molar-refractivity contribution in [3.63, 3.8) is 0 Å². The summed E-state index contributed by atoms with van der Waals surface area (Å²) in [6.45, 7) is 13.0. The maximum absolute atomic E-state index is 5.82. The zero-order valence-corrected chi connectivity index (χ0v) is 13.1. The van der Waals surface area contributed by atoms with Gasteiger partial charge in [0.2, 0.25) is 0 Å². The number of fused-ring (bicyclic) bond motifs is 1. The summed E-state index contributed by atoms with van der Waals surface area (Å²) in [5.41, 5.74) is 1.31. The molecule has 1 N–H and O–H groups in total. The molecule has 1 unspecified atom stereocenters. The Bertz CT molecular complexity index is 406. The zero-order chi connectivity index (χ0) is 14.4. The van der Waals surface area contributed by atoms with Gasteiger partial charge in [0, 0.05) is 25.2 Å². The van der Waals surface area contributed by atoms with E-state index in [1.165, 1.54) is 5.56 Å². The normalized spacial score (nSPS) is 17.4. The fraction of sp³-hybridized carbons (Fsp3) is 0.647. The highest BCUT2D eigenvalue weighted by molar-refractivity contribution is 5.33. The summed E-state index contributed by atoms with van der Waals surface area (Å²) in [5.74, 6) is 2.44. The highest BCUT2D eigenvalue weighted by Gasteiger charge is 2.16. The second-order valence-corrected chi connectivity index (χ2v) is 6.35. The molecule has 0 saturated heterocycles. The van der Waals surface area contributed by atoms with Crippen LogP contribution in [0.15, 0.2) is 24.3 Å². The van der Waals surface area contributed by atoms with Gasteiger partial charge in [-0.05, 0) is 31.0 Å². The Labute approximate surface area is 123 Å². The standard InChI is InChI=1S/C17H28N2O/c1-14(2)10-18-11-15(3)12-19-8-9-20-17-7-5-4-6-16(17)13-19/h4-7,14-15,18H,8-13H2,1-3H3. The van der Waals surface area contributed by atoms with Crippen LogP contribution in [0.25, 0.3) is 0 Å². The van der Waals surface area contributed by atoms with Gasteiger partial charge >= 0.3 is 0 Å². The van der Waals surface area contributed by atoms with Crippen molar-refractivity contribution in [3.8, 4) is 5.75 Å². The number of nitrogens with zero attached hydrogens (tertiary/aromatic N) is 1. The number of nitrogens with one attached hydrogen (secondary N) is 1. The molecule has 3 nitrogen and oxygen atoms in total. The van der Waals surface area contributed by atoms with Crippen LogP contribution in [-0.2, 0) is 6.54 Å². The first-order valence-electron chi connectivity index (χ1n) is 7.79. The molecule has 2 rings (SSSR count). The third-order valence-corrected chi connectivity index (χ3v) is 3.65. The fourth-order valence-corrected chi connectivity index (χ4v) is 2.66. The Morgan fingerprint density at radius 3 is 2.80 bits per heavy atom. The number of hydrogen-bond donors (Lipinski definition) is 1. The molecule has 1 atom stereocenters. The molecule has 1 aromatic carbocycles. The van der Waals surface area contributed by atoms with Crippen LogP contribution in [0, 0.1) is 11.8 Å². The first-order valence-corrected chi connectivity index (χ1v) is 7.79. The lowest BCUT2D eigenvalue weighted by Gasteiger charge is -2.24. The lowest BCUT2D eigenvalue weighted by atomic mass is 10.1. The number of benzene rings is 1. The molecule has 0 aromatic heterocycles. The number of rotatable bonds is 6. The minimum absolute atomic E-state index is 0.666. The van der Waals surface area contributed by atoms with Gasteiger partial charge in [-0.25, -0.2) is 0 Å². The Balaban J connectivity index is 1.81. The van der Waals surface area contributed by atoms with E-state index in [2.05, 4.69) is 49.2 Å². The van der Waals surface area contributed by atoms with Crippen LogP contribution in [-0.4, -0.2) is 37.7 Å². The van der Waals surface area contributed by atoms with E-state index >= 15 is 0 Å². The Kier molecular flexibility index (Phi) is 5.86. The quantitative estimate of drug-likeness (QED) is 0.864. The summed E-state index contributed by atoms with van der Waals surface area (Å²) < 4.78 is 5.82. The van der Waals surface area contributed by atoms with Crippen molar-refractivity contribution in [1.29, 1.82) is 0 Å². The van der Waals surface area contributed by atoms with Crippen molar-refractivity contribution in [2.45, 2.75) is 27.3 Å². The third kappa shape index (κ3) is 4.80. The summed E-state index contributed by atoms with van der Waals surface area (Å²) in [6, 6.07) is 8.40. The molecule has 1 aromatic rings. The summed E-state index contributed by atoms with van der Waals surface area (Å²) in [4.78, 5) is 2.51. The van der Waals surface area contributed by atoms with Crippen LogP contribution in [0.3, 0.4) is 0 Å². The largest absolute Gasteiger partial charge is 0.492 e. The van der Waals surface area contributed by atoms with E-state index in [1.54, 1.807) is 0 Å². The molecule has 0 fully saturated rings. The molecule has 0 aliphatic carbocycles. The van der Waals surface area contributed by atoms with Gasteiger partial charge < -0.3 is 10.1 Å². The average Bonchev–Trinajstić information content (AvgIpc) is 2.59. The molecule has 1 aliphatic heterocycles. The third-order valence-electron chi connectivity index (χ3n) is 3.65. The van der Waals surface area contributed by atoms with Gasteiger partial charge in [0.05, 0.1) is 0 Å². The van der Waals surface area contributed by atoms with Crippen LogP contribution in [0.2, 0.25) is 0 Å². The van der Waals surface area contributed by atoms with Crippen molar-refractivity contribution >= 4 is 0 Å². The molecule has 3 heteroatoms. The molecule has 1 heterocycles. The van der Waals surface area contributed by atoms with Crippen LogP contribution in [0.4, 0.5) is 0 Å². The average molecular weight is 276 g/mol. The highest BCUT2D eigenvalue weighted by Crippen LogP contribution is 2.22. The molecule has 0 bridgehead atoms. The number of ether oxygens (including phenoxy) is 1. The van der Waals surface area contributed by atoms with Crippen molar-refractivity contribution in [1.82, 2.24) is 10.2 Å². The van der Waals surface area contributed by atoms with E-state index in [0.29, 0.717) is 5.92 Å². The highest BCUT2D eigenvalue weighted by atomic mass is 16.5. The summed E-state index contributed by atoms with van der Waals surface area (Å²) in [7, 11) is 0. The van der Waals surface area contributed by atoms with E-state index < -0.39 is 0 Å². The zero-order valence-electron chi connectivity index (χ0n) is 13.1. The van der Waals surface area contributed by atoms with E-state index in [9.17, 15) is 0 Å². The predicted molar refractivity (Wildman–Crippen MR) is 84.1 cm³/mol. The molecular weight excluding hydrogens is 248 g/mol. The Morgan fingerprint density at radius 2 is 2.00 bits per heavy atom. The number of hydrogen-bond acceptors (Lipinski definition) is 3. The molecule has 0 radical (unpaired) electrons.